The molecule has 0 spiro atoms. The van der Waals surface area contributed by atoms with Crippen LogP contribution in [0.5, 0.6) is 5.75 Å². The van der Waals surface area contributed by atoms with E-state index in [0.717, 1.165) is 17.0 Å². The second-order valence-corrected chi connectivity index (χ2v) is 5.72. The molecule has 0 aliphatic rings. The third-order valence-electron chi connectivity index (χ3n) is 3.54. The summed E-state index contributed by atoms with van der Waals surface area (Å²) in [5.41, 5.74) is 8.49. The molecule has 3 rings (SSSR count). The molecular formula is C19H19N5O2. The van der Waals surface area contributed by atoms with Gasteiger partial charge in [-0.1, -0.05) is 0 Å². The molecule has 0 aliphatic carbocycles. The number of pyridine rings is 1. The lowest BCUT2D eigenvalue weighted by Gasteiger charge is -2.09. The zero-order chi connectivity index (χ0) is 18.4. The fraction of sp³-hybridized carbons (Fsp3) is 0.158. The van der Waals surface area contributed by atoms with Crippen molar-refractivity contribution in [3.63, 3.8) is 0 Å². The summed E-state index contributed by atoms with van der Waals surface area (Å²) < 4.78 is 5.69. The first-order valence-corrected chi connectivity index (χ1v) is 8.10. The van der Waals surface area contributed by atoms with E-state index in [0.29, 0.717) is 23.9 Å². The van der Waals surface area contributed by atoms with E-state index in [-0.39, 0.29) is 5.91 Å². The van der Waals surface area contributed by atoms with Crippen LogP contribution < -0.4 is 15.6 Å². The average Bonchev–Trinajstić information content (AvgIpc) is 2.65. The van der Waals surface area contributed by atoms with Gasteiger partial charge in [-0.3, -0.25) is 20.6 Å². The van der Waals surface area contributed by atoms with Crippen molar-refractivity contribution >= 4 is 11.9 Å². The summed E-state index contributed by atoms with van der Waals surface area (Å²) in [6.07, 6.45) is 3.44. The number of carbonyl (C=O) groups is 1. The molecule has 0 fully saturated rings. The highest BCUT2D eigenvalue weighted by Crippen LogP contribution is 2.14. The molecule has 1 amide bonds. The van der Waals surface area contributed by atoms with Crippen molar-refractivity contribution in [2.75, 3.05) is 5.43 Å². The Balaban J connectivity index is 1.54. The second-order valence-electron chi connectivity index (χ2n) is 5.72. The summed E-state index contributed by atoms with van der Waals surface area (Å²) in [6.45, 7) is 4.18. The minimum absolute atomic E-state index is 0.284. The Morgan fingerprint density at radius 1 is 1.00 bits per heavy atom. The first-order valence-electron chi connectivity index (χ1n) is 8.10. The van der Waals surface area contributed by atoms with Gasteiger partial charge in [-0.25, -0.2) is 9.97 Å². The van der Waals surface area contributed by atoms with Gasteiger partial charge in [0.1, 0.15) is 12.4 Å². The molecule has 0 aliphatic heterocycles. The van der Waals surface area contributed by atoms with Gasteiger partial charge in [-0.2, -0.15) is 0 Å². The molecule has 0 saturated heterocycles. The largest absolute Gasteiger partial charge is 0.489 e. The van der Waals surface area contributed by atoms with E-state index >= 15 is 0 Å². The predicted octanol–water partition coefficient (Wildman–Crippen LogP) is 2.82. The molecule has 1 aromatic carbocycles. The number of nitrogens with one attached hydrogen (secondary N) is 2. The minimum atomic E-state index is -0.284. The van der Waals surface area contributed by atoms with Crippen LogP contribution in [0.15, 0.2) is 54.9 Å². The first kappa shape index (κ1) is 17.3. The summed E-state index contributed by atoms with van der Waals surface area (Å²) in [5.74, 6) is 0.755. The maximum atomic E-state index is 12.2. The molecule has 26 heavy (non-hydrogen) atoms. The number of nitrogens with zero attached hydrogens (tertiary/aromatic N) is 3. The molecule has 2 aromatic heterocycles. The van der Waals surface area contributed by atoms with Crippen molar-refractivity contribution in [3.05, 3.63) is 77.4 Å². The zero-order valence-corrected chi connectivity index (χ0v) is 14.6. The fourth-order valence-corrected chi connectivity index (χ4v) is 2.31. The Morgan fingerprint density at radius 3 is 2.31 bits per heavy atom. The van der Waals surface area contributed by atoms with Crippen LogP contribution in [-0.2, 0) is 6.61 Å². The van der Waals surface area contributed by atoms with Gasteiger partial charge in [0.15, 0.2) is 0 Å². The van der Waals surface area contributed by atoms with Crippen LogP contribution >= 0.6 is 0 Å². The maximum absolute atomic E-state index is 12.2. The topological polar surface area (TPSA) is 89.0 Å². The van der Waals surface area contributed by atoms with E-state index in [2.05, 4.69) is 25.8 Å². The van der Waals surface area contributed by atoms with Crippen LogP contribution in [0.3, 0.4) is 0 Å². The highest BCUT2D eigenvalue weighted by atomic mass is 16.5. The molecule has 132 valence electrons. The van der Waals surface area contributed by atoms with Gasteiger partial charge in [-0.15, -0.1) is 0 Å². The normalized spacial score (nSPS) is 10.2. The number of rotatable bonds is 6. The van der Waals surface area contributed by atoms with Crippen molar-refractivity contribution < 1.29 is 9.53 Å². The third-order valence-corrected chi connectivity index (χ3v) is 3.54. The number of aromatic nitrogens is 3. The lowest BCUT2D eigenvalue weighted by molar-refractivity contribution is 0.0962. The van der Waals surface area contributed by atoms with Gasteiger partial charge in [0.2, 0.25) is 5.95 Å². The van der Waals surface area contributed by atoms with Crippen molar-refractivity contribution in [2.24, 2.45) is 0 Å². The number of benzene rings is 1. The highest BCUT2D eigenvalue weighted by Gasteiger charge is 2.07. The highest BCUT2D eigenvalue weighted by molar-refractivity contribution is 5.94. The van der Waals surface area contributed by atoms with Gasteiger partial charge in [-0.05, 0) is 61.9 Å². The number of amides is 1. The van der Waals surface area contributed by atoms with Gasteiger partial charge >= 0.3 is 0 Å². The van der Waals surface area contributed by atoms with E-state index in [1.54, 1.807) is 36.7 Å². The molecule has 0 atom stereocenters. The van der Waals surface area contributed by atoms with E-state index in [1.807, 2.05) is 32.0 Å². The van der Waals surface area contributed by atoms with Gasteiger partial charge < -0.3 is 4.74 Å². The second kappa shape index (κ2) is 8.06. The number of hydrogen-bond acceptors (Lipinski definition) is 6. The zero-order valence-electron chi connectivity index (χ0n) is 14.6. The van der Waals surface area contributed by atoms with Crippen LogP contribution in [0, 0.1) is 13.8 Å². The van der Waals surface area contributed by atoms with Crippen LogP contribution in [-0.4, -0.2) is 20.9 Å². The van der Waals surface area contributed by atoms with E-state index in [9.17, 15) is 4.79 Å². The third kappa shape index (κ3) is 4.76. The van der Waals surface area contributed by atoms with Crippen LogP contribution in [0.2, 0.25) is 0 Å². The molecule has 0 radical (unpaired) electrons. The van der Waals surface area contributed by atoms with E-state index in [4.69, 9.17) is 4.74 Å². The van der Waals surface area contributed by atoms with Crippen molar-refractivity contribution in [1.82, 2.24) is 20.4 Å². The lowest BCUT2D eigenvalue weighted by atomic mass is 10.2. The molecular weight excluding hydrogens is 330 g/mol. The van der Waals surface area contributed by atoms with Crippen molar-refractivity contribution in [1.29, 1.82) is 0 Å². The summed E-state index contributed by atoms with van der Waals surface area (Å²) in [4.78, 5) is 24.6. The number of aryl methyl sites for hydroxylation is 2. The molecule has 7 nitrogen and oxygen atoms in total. The van der Waals surface area contributed by atoms with Gasteiger partial charge in [0.05, 0.1) is 0 Å². The molecule has 0 unspecified atom stereocenters. The summed E-state index contributed by atoms with van der Waals surface area (Å²) in [5, 5.41) is 0. The number of ether oxygens (including phenoxy) is 1. The number of hydrazine groups is 1. The van der Waals surface area contributed by atoms with Crippen LogP contribution in [0.1, 0.15) is 27.3 Å². The molecule has 3 aromatic rings. The molecule has 0 saturated carbocycles. The Bertz CT molecular complexity index is 862. The number of anilines is 1. The summed E-state index contributed by atoms with van der Waals surface area (Å²) in [7, 11) is 0. The maximum Gasteiger partial charge on any atom is 0.269 e. The Morgan fingerprint density at radius 2 is 1.65 bits per heavy atom. The standard InChI is InChI=1S/C19H19N5O2/c1-13-11-14(2)22-19(21-13)24-23-18(25)16-3-5-17(6-4-16)26-12-15-7-9-20-10-8-15/h3-11H,12H2,1-2H3,(H,23,25)(H,21,22,24). The number of carbonyl (C=O) groups excluding carboxylic acids is 1. The van der Waals surface area contributed by atoms with Gasteiger partial charge in [0.25, 0.3) is 5.91 Å². The SMILES string of the molecule is Cc1cc(C)nc(NNC(=O)c2ccc(OCc3ccncc3)cc2)n1. The van der Waals surface area contributed by atoms with Gasteiger partial charge in [0, 0.05) is 29.3 Å². The average molecular weight is 349 g/mol. The Hall–Kier alpha value is -3.48. The quantitative estimate of drug-likeness (QED) is 0.665. The molecule has 2 N–H and O–H groups in total. The Labute approximate surface area is 151 Å². The fourth-order valence-electron chi connectivity index (χ4n) is 2.31. The summed E-state index contributed by atoms with van der Waals surface area (Å²) >= 11 is 0. The van der Waals surface area contributed by atoms with E-state index in [1.165, 1.54) is 0 Å². The molecule has 0 bridgehead atoms. The van der Waals surface area contributed by atoms with Crippen LogP contribution in [0.25, 0.3) is 0 Å². The lowest BCUT2D eigenvalue weighted by Crippen LogP contribution is -2.30. The van der Waals surface area contributed by atoms with E-state index < -0.39 is 0 Å². The Kier molecular flexibility index (Phi) is 5.38. The molecule has 7 heteroatoms. The minimum Gasteiger partial charge on any atom is -0.489 e. The monoisotopic (exact) mass is 349 g/mol. The first-order chi connectivity index (χ1) is 12.6. The van der Waals surface area contributed by atoms with Crippen LogP contribution in [0.4, 0.5) is 5.95 Å². The van der Waals surface area contributed by atoms with Crippen molar-refractivity contribution in [3.8, 4) is 5.75 Å². The van der Waals surface area contributed by atoms with Crippen molar-refractivity contribution in [2.45, 2.75) is 20.5 Å². The summed E-state index contributed by atoms with van der Waals surface area (Å²) in [6, 6.07) is 12.5. The molecule has 2 heterocycles. The predicted molar refractivity (Wildman–Crippen MR) is 97.6 cm³/mol. The smallest absolute Gasteiger partial charge is 0.269 e. The number of hydrogen-bond donors (Lipinski definition) is 2.